The Balaban J connectivity index is 1.82. The number of benzene rings is 3. The molecular weight excluding hydrogens is 278 g/mol. The second-order valence-electron chi connectivity index (χ2n) is 5.10. The molecule has 0 radical (unpaired) electrons. The van der Waals surface area contributed by atoms with E-state index in [1.54, 1.807) is 0 Å². The molecule has 3 rings (SSSR count). The van der Waals surface area contributed by atoms with Crippen molar-refractivity contribution in [1.29, 1.82) is 0 Å². The van der Waals surface area contributed by atoms with Gasteiger partial charge in [-0.2, -0.15) is 0 Å². The van der Waals surface area contributed by atoms with Crippen molar-refractivity contribution in [2.45, 2.75) is 6.42 Å². The molecule has 3 aromatic carbocycles. The fraction of sp³-hybridized carbons (Fsp3) is 0.0526. The zero-order chi connectivity index (χ0) is 14.7. The predicted octanol–water partition coefficient (Wildman–Crippen LogP) is 5.18. The van der Waals surface area contributed by atoms with Crippen LogP contribution in [0.25, 0.3) is 11.1 Å². The van der Waals surface area contributed by atoms with Crippen molar-refractivity contribution in [3.63, 3.8) is 0 Å². The molecule has 0 unspecified atom stereocenters. The van der Waals surface area contributed by atoms with Crippen molar-refractivity contribution in [2.24, 2.45) is 0 Å². The third-order valence-electron chi connectivity index (χ3n) is 3.54. The van der Waals surface area contributed by atoms with Crippen LogP contribution >= 0.6 is 11.6 Å². The van der Waals surface area contributed by atoms with E-state index in [0.717, 1.165) is 17.5 Å². The number of anilines is 1. The number of nitrogen functional groups attached to an aromatic ring is 1. The van der Waals surface area contributed by atoms with Crippen LogP contribution in [0.15, 0.2) is 72.8 Å². The average molecular weight is 294 g/mol. The molecule has 0 heterocycles. The zero-order valence-corrected chi connectivity index (χ0v) is 12.3. The third-order valence-corrected chi connectivity index (χ3v) is 3.87. The van der Waals surface area contributed by atoms with Gasteiger partial charge >= 0.3 is 0 Å². The third kappa shape index (κ3) is 3.26. The lowest BCUT2D eigenvalue weighted by atomic mass is 10.0. The van der Waals surface area contributed by atoms with Crippen molar-refractivity contribution < 1.29 is 0 Å². The lowest BCUT2D eigenvalue weighted by Gasteiger charge is -2.06. The molecular formula is C19H16ClN. The van der Waals surface area contributed by atoms with E-state index in [4.69, 9.17) is 17.3 Å². The highest BCUT2D eigenvalue weighted by Crippen LogP contribution is 2.27. The molecule has 0 aliphatic rings. The summed E-state index contributed by atoms with van der Waals surface area (Å²) in [5.74, 6) is 0. The van der Waals surface area contributed by atoms with Crippen molar-refractivity contribution in [1.82, 2.24) is 0 Å². The lowest BCUT2D eigenvalue weighted by molar-refractivity contribution is 1.19. The first-order chi connectivity index (χ1) is 10.2. The van der Waals surface area contributed by atoms with Crippen LogP contribution in [0.3, 0.4) is 0 Å². The SMILES string of the molecule is Nc1ccc(-c2ccc(Cc3ccccc3)cc2)cc1Cl. The number of rotatable bonds is 3. The van der Waals surface area contributed by atoms with Crippen LogP contribution in [0, 0.1) is 0 Å². The van der Waals surface area contributed by atoms with E-state index < -0.39 is 0 Å². The summed E-state index contributed by atoms with van der Waals surface area (Å²) in [7, 11) is 0. The zero-order valence-electron chi connectivity index (χ0n) is 11.6. The minimum atomic E-state index is 0.598. The molecule has 2 heteroatoms. The Kier molecular flexibility index (Phi) is 3.94. The van der Waals surface area contributed by atoms with E-state index in [-0.39, 0.29) is 0 Å². The largest absolute Gasteiger partial charge is 0.398 e. The summed E-state index contributed by atoms with van der Waals surface area (Å²) in [6.07, 6.45) is 0.948. The lowest BCUT2D eigenvalue weighted by Crippen LogP contribution is -1.89. The molecule has 0 fully saturated rings. The summed E-state index contributed by atoms with van der Waals surface area (Å²) in [4.78, 5) is 0. The molecule has 104 valence electrons. The van der Waals surface area contributed by atoms with E-state index in [1.165, 1.54) is 11.1 Å². The van der Waals surface area contributed by atoms with Crippen LogP contribution in [-0.2, 0) is 6.42 Å². The fourth-order valence-corrected chi connectivity index (χ4v) is 2.53. The highest BCUT2D eigenvalue weighted by atomic mass is 35.5. The molecule has 0 amide bonds. The van der Waals surface area contributed by atoms with Gasteiger partial charge in [0.1, 0.15) is 0 Å². The summed E-state index contributed by atoms with van der Waals surface area (Å²) < 4.78 is 0. The predicted molar refractivity (Wildman–Crippen MR) is 90.5 cm³/mol. The summed E-state index contributed by atoms with van der Waals surface area (Å²) in [5.41, 5.74) is 11.2. The number of hydrogen-bond acceptors (Lipinski definition) is 1. The molecule has 0 aliphatic heterocycles. The maximum atomic E-state index is 6.08. The average Bonchev–Trinajstić information content (AvgIpc) is 2.52. The Morgan fingerprint density at radius 2 is 1.33 bits per heavy atom. The Morgan fingerprint density at radius 1 is 0.714 bits per heavy atom. The topological polar surface area (TPSA) is 26.0 Å². The first-order valence-corrected chi connectivity index (χ1v) is 7.28. The summed E-state index contributed by atoms with van der Waals surface area (Å²) in [5, 5.41) is 0.598. The maximum absolute atomic E-state index is 6.08. The van der Waals surface area contributed by atoms with E-state index in [0.29, 0.717) is 10.7 Å². The Bertz CT molecular complexity index is 733. The quantitative estimate of drug-likeness (QED) is 0.662. The molecule has 3 aromatic rings. The summed E-state index contributed by atoms with van der Waals surface area (Å²) in [6.45, 7) is 0. The summed E-state index contributed by atoms with van der Waals surface area (Å²) >= 11 is 6.08. The highest BCUT2D eigenvalue weighted by Gasteiger charge is 2.02. The van der Waals surface area contributed by atoms with Crippen molar-refractivity contribution >= 4 is 17.3 Å². The first-order valence-electron chi connectivity index (χ1n) is 6.90. The van der Waals surface area contributed by atoms with Crippen LogP contribution in [-0.4, -0.2) is 0 Å². The number of halogens is 1. The van der Waals surface area contributed by atoms with Gasteiger partial charge in [0.15, 0.2) is 0 Å². The Hall–Kier alpha value is -2.25. The normalized spacial score (nSPS) is 10.5. The molecule has 0 bridgehead atoms. The standard InChI is InChI=1S/C19H16ClN/c20-18-13-17(10-11-19(18)21)16-8-6-15(7-9-16)12-14-4-2-1-3-5-14/h1-11,13H,12,21H2. The summed E-state index contributed by atoms with van der Waals surface area (Å²) in [6, 6.07) is 24.8. The van der Waals surface area contributed by atoms with E-state index in [9.17, 15) is 0 Å². The van der Waals surface area contributed by atoms with Crippen molar-refractivity contribution in [3.8, 4) is 11.1 Å². The molecule has 0 saturated carbocycles. The molecule has 0 saturated heterocycles. The van der Waals surface area contributed by atoms with Crippen molar-refractivity contribution in [3.05, 3.63) is 88.9 Å². The number of nitrogens with two attached hydrogens (primary N) is 1. The maximum Gasteiger partial charge on any atom is 0.0641 e. The Morgan fingerprint density at radius 3 is 2.00 bits per heavy atom. The Labute approximate surface area is 130 Å². The minimum Gasteiger partial charge on any atom is -0.398 e. The van der Waals surface area contributed by atoms with Gasteiger partial charge in [0.2, 0.25) is 0 Å². The van der Waals surface area contributed by atoms with Crippen LogP contribution in [0.4, 0.5) is 5.69 Å². The van der Waals surface area contributed by atoms with Gasteiger partial charge in [-0.15, -0.1) is 0 Å². The molecule has 2 N–H and O–H groups in total. The van der Waals surface area contributed by atoms with Gasteiger partial charge in [-0.05, 0) is 40.8 Å². The first kappa shape index (κ1) is 13.7. The minimum absolute atomic E-state index is 0.598. The smallest absolute Gasteiger partial charge is 0.0641 e. The van der Waals surface area contributed by atoms with Crippen LogP contribution in [0.1, 0.15) is 11.1 Å². The molecule has 0 atom stereocenters. The van der Waals surface area contributed by atoms with Crippen LogP contribution in [0.5, 0.6) is 0 Å². The molecule has 0 aromatic heterocycles. The van der Waals surface area contributed by atoms with Gasteiger partial charge < -0.3 is 5.73 Å². The van der Waals surface area contributed by atoms with Gasteiger partial charge in [-0.25, -0.2) is 0 Å². The van der Waals surface area contributed by atoms with E-state index in [1.807, 2.05) is 24.3 Å². The highest BCUT2D eigenvalue weighted by molar-refractivity contribution is 6.33. The number of hydrogen-bond donors (Lipinski definition) is 1. The molecule has 1 nitrogen and oxygen atoms in total. The van der Waals surface area contributed by atoms with Gasteiger partial charge in [-0.3, -0.25) is 0 Å². The van der Waals surface area contributed by atoms with Gasteiger partial charge in [0.05, 0.1) is 10.7 Å². The van der Waals surface area contributed by atoms with E-state index in [2.05, 4.69) is 48.5 Å². The van der Waals surface area contributed by atoms with Crippen LogP contribution in [0.2, 0.25) is 5.02 Å². The van der Waals surface area contributed by atoms with Gasteiger partial charge in [-0.1, -0.05) is 72.3 Å². The monoisotopic (exact) mass is 293 g/mol. The molecule has 21 heavy (non-hydrogen) atoms. The van der Waals surface area contributed by atoms with Gasteiger partial charge in [0.25, 0.3) is 0 Å². The van der Waals surface area contributed by atoms with Crippen LogP contribution < -0.4 is 5.73 Å². The van der Waals surface area contributed by atoms with Crippen molar-refractivity contribution in [2.75, 3.05) is 5.73 Å². The second-order valence-corrected chi connectivity index (χ2v) is 5.50. The molecule has 0 spiro atoms. The van der Waals surface area contributed by atoms with Gasteiger partial charge in [0, 0.05) is 0 Å². The second kappa shape index (κ2) is 6.02. The van der Waals surface area contributed by atoms with E-state index >= 15 is 0 Å². The molecule has 0 aliphatic carbocycles. The fourth-order valence-electron chi connectivity index (χ4n) is 2.35.